The lowest BCUT2D eigenvalue weighted by Gasteiger charge is -2.17. The Labute approximate surface area is 109 Å². The van der Waals surface area contributed by atoms with E-state index in [1.54, 1.807) is 18.3 Å². The molecule has 0 fully saturated rings. The van der Waals surface area contributed by atoms with Gasteiger partial charge in [0, 0.05) is 11.9 Å². The van der Waals surface area contributed by atoms with Crippen LogP contribution in [0, 0.1) is 0 Å². The van der Waals surface area contributed by atoms with Crippen LogP contribution in [0.3, 0.4) is 0 Å². The van der Waals surface area contributed by atoms with Gasteiger partial charge in [0.05, 0.1) is 5.56 Å². The quantitative estimate of drug-likeness (QED) is 0.566. The highest BCUT2D eigenvalue weighted by Crippen LogP contribution is 2.15. The molecule has 2 rings (SSSR count). The number of hydrogen-bond acceptors (Lipinski definition) is 4. The number of benzene rings is 1. The molecule has 94 valence electrons. The minimum atomic E-state index is -0.950. The number of hydrogen-bond donors (Lipinski definition) is 3. The average molecular weight is 266 g/mol. The first-order valence-electron chi connectivity index (χ1n) is 5.32. The van der Waals surface area contributed by atoms with Gasteiger partial charge in [-0.3, -0.25) is 0 Å². The number of alkyl halides is 1. The summed E-state index contributed by atoms with van der Waals surface area (Å²) >= 11 is 5.98. The fourth-order valence-corrected chi connectivity index (χ4v) is 1.57. The molecule has 6 heteroatoms. The number of guanidine groups is 1. The summed E-state index contributed by atoms with van der Waals surface area (Å²) in [5, 5.41) is 14.8. The fraction of sp³-hybridized carbons (Fsp3) is 0.167. The summed E-state index contributed by atoms with van der Waals surface area (Å²) in [5.41, 5.74) is 1.53. The van der Waals surface area contributed by atoms with Gasteiger partial charge in [0.2, 0.25) is 5.96 Å². The fourth-order valence-electron chi connectivity index (χ4n) is 1.40. The molecular formula is C12H12ClN3O2. The highest BCUT2D eigenvalue weighted by Gasteiger charge is 2.12. The Morgan fingerprint density at radius 3 is 2.67 bits per heavy atom. The van der Waals surface area contributed by atoms with Crippen molar-refractivity contribution >= 4 is 29.2 Å². The molecule has 0 spiro atoms. The molecule has 18 heavy (non-hydrogen) atoms. The summed E-state index contributed by atoms with van der Waals surface area (Å²) in [6.45, 7) is 1.88. The lowest BCUT2D eigenvalue weighted by atomic mass is 10.2. The number of carboxylic acids is 1. The molecule has 0 aliphatic carbocycles. The minimum Gasteiger partial charge on any atom is -0.478 e. The SMILES string of the molecule is CC1=CNC(Nc2ccc(C(=O)O)cc2)=NC1Cl. The van der Waals surface area contributed by atoms with Gasteiger partial charge >= 0.3 is 5.97 Å². The predicted molar refractivity (Wildman–Crippen MR) is 71.0 cm³/mol. The highest BCUT2D eigenvalue weighted by molar-refractivity contribution is 6.23. The van der Waals surface area contributed by atoms with Crippen molar-refractivity contribution in [3.63, 3.8) is 0 Å². The number of rotatable bonds is 2. The number of nitrogens with one attached hydrogen (secondary N) is 2. The second-order valence-electron chi connectivity index (χ2n) is 3.85. The van der Waals surface area contributed by atoms with Gasteiger partial charge in [0.15, 0.2) is 0 Å². The molecule has 1 unspecified atom stereocenters. The smallest absolute Gasteiger partial charge is 0.335 e. The molecule has 1 heterocycles. The Bertz CT molecular complexity index is 523. The second kappa shape index (κ2) is 5.10. The molecule has 1 atom stereocenters. The van der Waals surface area contributed by atoms with Gasteiger partial charge in [-0.25, -0.2) is 9.79 Å². The van der Waals surface area contributed by atoms with E-state index in [1.165, 1.54) is 12.1 Å². The summed E-state index contributed by atoms with van der Waals surface area (Å²) in [7, 11) is 0. The monoisotopic (exact) mass is 265 g/mol. The average Bonchev–Trinajstić information content (AvgIpc) is 2.34. The van der Waals surface area contributed by atoms with E-state index in [0.29, 0.717) is 5.96 Å². The zero-order chi connectivity index (χ0) is 13.1. The molecule has 0 saturated carbocycles. The van der Waals surface area contributed by atoms with E-state index in [9.17, 15) is 4.79 Å². The largest absolute Gasteiger partial charge is 0.478 e. The summed E-state index contributed by atoms with van der Waals surface area (Å²) in [4.78, 5) is 14.9. The predicted octanol–water partition coefficient (Wildman–Crippen LogP) is 2.22. The van der Waals surface area contributed by atoms with Crippen molar-refractivity contribution < 1.29 is 9.90 Å². The number of halogens is 1. The van der Waals surface area contributed by atoms with Crippen LogP contribution in [0.25, 0.3) is 0 Å². The molecule has 5 nitrogen and oxygen atoms in total. The number of anilines is 1. The molecule has 0 bridgehead atoms. The Morgan fingerprint density at radius 2 is 2.11 bits per heavy atom. The first-order valence-corrected chi connectivity index (χ1v) is 5.75. The molecule has 1 aromatic carbocycles. The maximum absolute atomic E-state index is 10.7. The maximum Gasteiger partial charge on any atom is 0.335 e. The Hall–Kier alpha value is -2.01. The van der Waals surface area contributed by atoms with Gasteiger partial charge in [-0.1, -0.05) is 11.6 Å². The van der Waals surface area contributed by atoms with Crippen LogP contribution < -0.4 is 10.6 Å². The number of aromatic carboxylic acids is 1. The number of carbonyl (C=O) groups is 1. The molecule has 1 aliphatic rings. The second-order valence-corrected chi connectivity index (χ2v) is 4.27. The van der Waals surface area contributed by atoms with Gasteiger partial charge in [0.25, 0.3) is 0 Å². The molecule has 3 N–H and O–H groups in total. The summed E-state index contributed by atoms with van der Waals surface area (Å²) in [6, 6.07) is 6.38. The summed E-state index contributed by atoms with van der Waals surface area (Å²) in [6.07, 6.45) is 1.78. The van der Waals surface area contributed by atoms with Crippen LogP contribution in [0.2, 0.25) is 0 Å². The van der Waals surface area contributed by atoms with Crippen LogP contribution in [-0.2, 0) is 0 Å². The van der Waals surface area contributed by atoms with Crippen molar-refractivity contribution in [3.05, 3.63) is 41.6 Å². The van der Waals surface area contributed by atoms with Crippen LogP contribution >= 0.6 is 11.6 Å². The van der Waals surface area contributed by atoms with E-state index in [0.717, 1.165) is 11.3 Å². The zero-order valence-electron chi connectivity index (χ0n) is 9.64. The molecule has 0 aromatic heterocycles. The van der Waals surface area contributed by atoms with Crippen molar-refractivity contribution in [2.75, 3.05) is 5.32 Å². The van der Waals surface area contributed by atoms with E-state index >= 15 is 0 Å². The highest BCUT2D eigenvalue weighted by atomic mass is 35.5. The molecule has 0 amide bonds. The third-order valence-corrected chi connectivity index (χ3v) is 2.89. The summed E-state index contributed by atoms with van der Waals surface area (Å²) < 4.78 is 0. The standard InChI is InChI=1S/C12H12ClN3O2/c1-7-6-14-12(16-10(7)13)15-9-4-2-8(3-5-9)11(17)18/h2-6,10H,1H3,(H,17,18)(H2,14,15,16). The number of carboxylic acid groups (broad SMARTS) is 1. The van der Waals surface area contributed by atoms with E-state index in [2.05, 4.69) is 15.6 Å². The van der Waals surface area contributed by atoms with Crippen LogP contribution in [-0.4, -0.2) is 22.5 Å². The van der Waals surface area contributed by atoms with Crippen molar-refractivity contribution in [1.82, 2.24) is 5.32 Å². The third kappa shape index (κ3) is 2.81. The van der Waals surface area contributed by atoms with Crippen LogP contribution in [0.15, 0.2) is 41.0 Å². The number of aliphatic imine (C=N–C) groups is 1. The van der Waals surface area contributed by atoms with E-state index in [1.807, 2.05) is 6.92 Å². The van der Waals surface area contributed by atoms with E-state index < -0.39 is 5.97 Å². The number of nitrogens with zero attached hydrogens (tertiary/aromatic N) is 1. The van der Waals surface area contributed by atoms with E-state index in [-0.39, 0.29) is 11.1 Å². The summed E-state index contributed by atoms with van der Waals surface area (Å²) in [5.74, 6) is -0.419. The molecule has 1 aromatic rings. The first kappa shape index (κ1) is 12.4. The van der Waals surface area contributed by atoms with Gasteiger partial charge < -0.3 is 15.7 Å². The van der Waals surface area contributed by atoms with Gasteiger partial charge in [-0.05, 0) is 36.8 Å². The third-order valence-electron chi connectivity index (χ3n) is 2.45. The van der Waals surface area contributed by atoms with Gasteiger partial charge in [-0.2, -0.15) is 0 Å². The Morgan fingerprint density at radius 1 is 1.44 bits per heavy atom. The lowest BCUT2D eigenvalue weighted by Crippen LogP contribution is -2.31. The molecule has 0 radical (unpaired) electrons. The van der Waals surface area contributed by atoms with E-state index in [4.69, 9.17) is 16.7 Å². The van der Waals surface area contributed by atoms with Crippen LogP contribution in [0.5, 0.6) is 0 Å². The zero-order valence-corrected chi connectivity index (χ0v) is 10.4. The van der Waals surface area contributed by atoms with Crippen LogP contribution in [0.1, 0.15) is 17.3 Å². The normalized spacial score (nSPS) is 18.4. The Kier molecular flexibility index (Phi) is 3.53. The molecular weight excluding hydrogens is 254 g/mol. The van der Waals surface area contributed by atoms with Crippen molar-refractivity contribution in [2.24, 2.45) is 4.99 Å². The van der Waals surface area contributed by atoms with Crippen molar-refractivity contribution in [3.8, 4) is 0 Å². The minimum absolute atomic E-state index is 0.241. The van der Waals surface area contributed by atoms with Gasteiger partial charge in [-0.15, -0.1) is 0 Å². The van der Waals surface area contributed by atoms with Crippen molar-refractivity contribution in [2.45, 2.75) is 12.4 Å². The van der Waals surface area contributed by atoms with Gasteiger partial charge in [0.1, 0.15) is 5.50 Å². The van der Waals surface area contributed by atoms with Crippen LogP contribution in [0.4, 0.5) is 5.69 Å². The van der Waals surface area contributed by atoms with Crippen molar-refractivity contribution in [1.29, 1.82) is 0 Å². The molecule has 0 saturated heterocycles. The maximum atomic E-state index is 10.7. The topological polar surface area (TPSA) is 73.7 Å². The molecule has 1 aliphatic heterocycles. The first-order chi connectivity index (χ1) is 8.56. The Balaban J connectivity index is 2.07. The lowest BCUT2D eigenvalue weighted by molar-refractivity contribution is 0.0697.